The van der Waals surface area contributed by atoms with Gasteiger partial charge in [-0.15, -0.1) is 0 Å². The Morgan fingerprint density at radius 2 is 1.67 bits per heavy atom. The molecule has 5 nitrogen and oxygen atoms in total. The first-order valence-corrected chi connectivity index (χ1v) is 7.39. The Morgan fingerprint density at radius 3 is 2.24 bits per heavy atom. The second-order valence-electron chi connectivity index (χ2n) is 5.22. The van der Waals surface area contributed by atoms with E-state index in [2.05, 4.69) is 31.9 Å². The quantitative estimate of drug-likeness (QED) is 0.916. The van der Waals surface area contributed by atoms with E-state index < -0.39 is 0 Å². The van der Waals surface area contributed by atoms with Crippen LogP contribution < -0.4 is 10.6 Å². The van der Waals surface area contributed by atoms with E-state index in [9.17, 15) is 0 Å². The zero-order valence-electron chi connectivity index (χ0n) is 12.1. The normalized spacial score (nSPS) is 17.7. The van der Waals surface area contributed by atoms with Crippen LogP contribution in [0, 0.1) is 0 Å². The summed E-state index contributed by atoms with van der Waals surface area (Å²) in [6.07, 6.45) is 3.68. The van der Waals surface area contributed by atoms with E-state index in [0.29, 0.717) is 6.54 Å². The average molecular weight is 283 g/mol. The number of rotatable bonds is 4. The third kappa shape index (κ3) is 3.20. The largest absolute Gasteiger partial charge is 0.354 e. The molecule has 2 aromatic rings. The van der Waals surface area contributed by atoms with Crippen molar-refractivity contribution < 1.29 is 0 Å². The molecule has 0 bridgehead atoms. The highest BCUT2D eigenvalue weighted by atomic mass is 15.3. The molecule has 3 heterocycles. The molecule has 1 aliphatic heterocycles. The highest BCUT2D eigenvalue weighted by Gasteiger charge is 2.25. The van der Waals surface area contributed by atoms with Gasteiger partial charge in [0, 0.05) is 45.1 Å². The minimum Gasteiger partial charge on any atom is -0.354 e. The number of aromatic nitrogens is 2. The van der Waals surface area contributed by atoms with Gasteiger partial charge >= 0.3 is 0 Å². The molecule has 0 spiro atoms. The summed E-state index contributed by atoms with van der Waals surface area (Å²) in [4.78, 5) is 13.6. The Bertz CT molecular complexity index is 537. The number of nitrogens with two attached hydrogens (primary N) is 1. The Hall–Kier alpha value is -1.98. The molecule has 0 aliphatic carbocycles. The van der Waals surface area contributed by atoms with Crippen molar-refractivity contribution in [3.05, 3.63) is 54.5 Å². The maximum absolute atomic E-state index is 5.97. The summed E-state index contributed by atoms with van der Waals surface area (Å²) in [6.45, 7) is 4.51. The van der Waals surface area contributed by atoms with Crippen LogP contribution in [-0.2, 0) is 0 Å². The predicted molar refractivity (Wildman–Crippen MR) is 84.1 cm³/mol. The first kappa shape index (κ1) is 14.0. The van der Waals surface area contributed by atoms with Crippen LogP contribution in [0.25, 0.3) is 0 Å². The van der Waals surface area contributed by atoms with Crippen molar-refractivity contribution in [1.82, 2.24) is 14.9 Å². The number of anilines is 1. The zero-order chi connectivity index (χ0) is 14.5. The fraction of sp³-hybridized carbons (Fsp3) is 0.375. The first-order valence-electron chi connectivity index (χ1n) is 7.39. The van der Waals surface area contributed by atoms with Crippen molar-refractivity contribution in [3.63, 3.8) is 0 Å². The molecule has 1 saturated heterocycles. The van der Waals surface area contributed by atoms with Crippen molar-refractivity contribution >= 4 is 5.82 Å². The first-order chi connectivity index (χ1) is 10.4. The summed E-state index contributed by atoms with van der Waals surface area (Å²) in [5.41, 5.74) is 7.04. The Labute approximate surface area is 125 Å². The SMILES string of the molecule is NCC(c1ccccn1)N1CCN(c2ccccn2)CC1. The molecule has 0 aromatic carbocycles. The molecule has 2 aromatic heterocycles. The van der Waals surface area contributed by atoms with Gasteiger partial charge in [-0.2, -0.15) is 0 Å². The third-order valence-electron chi connectivity index (χ3n) is 3.98. The van der Waals surface area contributed by atoms with Crippen molar-refractivity contribution in [2.75, 3.05) is 37.6 Å². The fourth-order valence-corrected chi connectivity index (χ4v) is 2.83. The molecule has 0 saturated carbocycles. The third-order valence-corrected chi connectivity index (χ3v) is 3.98. The Morgan fingerprint density at radius 1 is 0.952 bits per heavy atom. The van der Waals surface area contributed by atoms with Crippen LogP contribution in [0.5, 0.6) is 0 Å². The molecular weight excluding hydrogens is 262 g/mol. The molecule has 1 aliphatic rings. The second kappa shape index (κ2) is 6.65. The summed E-state index contributed by atoms with van der Waals surface area (Å²) >= 11 is 0. The van der Waals surface area contributed by atoms with Gasteiger partial charge in [-0.05, 0) is 24.3 Å². The van der Waals surface area contributed by atoms with Crippen molar-refractivity contribution in [2.24, 2.45) is 5.73 Å². The summed E-state index contributed by atoms with van der Waals surface area (Å²) in [5, 5.41) is 0. The summed E-state index contributed by atoms with van der Waals surface area (Å²) < 4.78 is 0. The van der Waals surface area contributed by atoms with Gasteiger partial charge in [-0.25, -0.2) is 4.98 Å². The van der Waals surface area contributed by atoms with Gasteiger partial charge in [-0.1, -0.05) is 12.1 Å². The van der Waals surface area contributed by atoms with Gasteiger partial charge in [0.2, 0.25) is 0 Å². The Kier molecular flexibility index (Phi) is 4.43. The lowest BCUT2D eigenvalue weighted by Crippen LogP contribution is -2.49. The average Bonchev–Trinajstić information content (AvgIpc) is 2.58. The van der Waals surface area contributed by atoms with Crippen LogP contribution >= 0.6 is 0 Å². The standard InChI is InChI=1S/C16H21N5/c17-13-15(14-5-1-3-7-18-14)20-9-11-21(12-10-20)16-6-2-4-8-19-16/h1-8,15H,9-13,17H2. The lowest BCUT2D eigenvalue weighted by atomic mass is 10.1. The molecule has 2 N–H and O–H groups in total. The van der Waals surface area contributed by atoms with Gasteiger partial charge in [0.15, 0.2) is 0 Å². The maximum atomic E-state index is 5.97. The van der Waals surface area contributed by atoms with E-state index in [1.54, 1.807) is 0 Å². The molecular formula is C16H21N5. The van der Waals surface area contributed by atoms with Crippen LogP contribution in [0.4, 0.5) is 5.82 Å². The molecule has 1 fully saturated rings. The Balaban J connectivity index is 1.65. The molecule has 0 radical (unpaired) electrons. The summed E-state index contributed by atoms with van der Waals surface area (Å²) in [7, 11) is 0. The number of nitrogens with zero attached hydrogens (tertiary/aromatic N) is 4. The van der Waals surface area contributed by atoms with Crippen LogP contribution in [0.1, 0.15) is 11.7 Å². The van der Waals surface area contributed by atoms with Crippen molar-refractivity contribution in [2.45, 2.75) is 6.04 Å². The molecule has 1 unspecified atom stereocenters. The van der Waals surface area contributed by atoms with E-state index in [4.69, 9.17) is 5.73 Å². The highest BCUT2D eigenvalue weighted by molar-refractivity contribution is 5.38. The topological polar surface area (TPSA) is 58.3 Å². The monoisotopic (exact) mass is 283 g/mol. The molecule has 5 heteroatoms. The van der Waals surface area contributed by atoms with E-state index in [1.165, 1.54) is 0 Å². The van der Waals surface area contributed by atoms with E-state index in [1.807, 2.05) is 36.7 Å². The van der Waals surface area contributed by atoms with Gasteiger partial charge < -0.3 is 10.6 Å². The van der Waals surface area contributed by atoms with E-state index >= 15 is 0 Å². The lowest BCUT2D eigenvalue weighted by Gasteiger charge is -2.39. The van der Waals surface area contributed by atoms with E-state index in [0.717, 1.165) is 37.7 Å². The molecule has 0 amide bonds. The molecule has 110 valence electrons. The van der Waals surface area contributed by atoms with Gasteiger partial charge in [0.25, 0.3) is 0 Å². The van der Waals surface area contributed by atoms with Crippen LogP contribution in [0.2, 0.25) is 0 Å². The lowest BCUT2D eigenvalue weighted by molar-refractivity contribution is 0.186. The van der Waals surface area contributed by atoms with Gasteiger partial charge in [-0.3, -0.25) is 9.88 Å². The van der Waals surface area contributed by atoms with Gasteiger partial charge in [0.1, 0.15) is 5.82 Å². The van der Waals surface area contributed by atoms with Gasteiger partial charge in [0.05, 0.1) is 11.7 Å². The zero-order valence-corrected chi connectivity index (χ0v) is 12.1. The van der Waals surface area contributed by atoms with E-state index in [-0.39, 0.29) is 6.04 Å². The van der Waals surface area contributed by atoms with Crippen LogP contribution in [0.3, 0.4) is 0 Å². The number of hydrogen-bond donors (Lipinski definition) is 1. The van der Waals surface area contributed by atoms with Crippen molar-refractivity contribution in [1.29, 1.82) is 0 Å². The molecule has 21 heavy (non-hydrogen) atoms. The molecule has 1 atom stereocenters. The maximum Gasteiger partial charge on any atom is 0.128 e. The predicted octanol–water partition coefficient (Wildman–Crippen LogP) is 1.30. The highest BCUT2D eigenvalue weighted by Crippen LogP contribution is 2.21. The number of hydrogen-bond acceptors (Lipinski definition) is 5. The van der Waals surface area contributed by atoms with Crippen molar-refractivity contribution in [3.8, 4) is 0 Å². The summed E-state index contributed by atoms with van der Waals surface area (Å²) in [6, 6.07) is 12.3. The minimum absolute atomic E-state index is 0.206. The molecule has 3 rings (SSSR count). The summed E-state index contributed by atoms with van der Waals surface area (Å²) in [5.74, 6) is 1.05. The van der Waals surface area contributed by atoms with Crippen LogP contribution in [-0.4, -0.2) is 47.6 Å². The number of piperazine rings is 1. The minimum atomic E-state index is 0.206. The smallest absolute Gasteiger partial charge is 0.128 e. The second-order valence-corrected chi connectivity index (χ2v) is 5.22. The fourth-order valence-electron chi connectivity index (χ4n) is 2.83. The number of pyridine rings is 2. The van der Waals surface area contributed by atoms with Crippen LogP contribution in [0.15, 0.2) is 48.8 Å².